The monoisotopic (exact) mass is 412 g/mol. The second kappa shape index (κ2) is 10.4. The summed E-state index contributed by atoms with van der Waals surface area (Å²) in [4.78, 5) is 7.20. The molecule has 2 heteroatoms. The van der Waals surface area contributed by atoms with Gasteiger partial charge in [-0.25, -0.2) is 0 Å². The molecular weight excluding hydrogens is 376 g/mol. The summed E-state index contributed by atoms with van der Waals surface area (Å²) in [6, 6.07) is 13.7. The first-order valence-corrected chi connectivity index (χ1v) is 11.5. The van der Waals surface area contributed by atoms with Gasteiger partial charge >= 0.3 is 0 Å². The summed E-state index contributed by atoms with van der Waals surface area (Å²) in [6.07, 6.45) is 10.5. The predicted molar refractivity (Wildman–Crippen MR) is 137 cm³/mol. The second-order valence-electron chi connectivity index (χ2n) is 8.47. The van der Waals surface area contributed by atoms with Crippen LogP contribution in [0.4, 0.5) is 17.1 Å². The average Bonchev–Trinajstić information content (AvgIpc) is 3.61. The van der Waals surface area contributed by atoms with Crippen LogP contribution in [0.1, 0.15) is 50.3 Å². The Morgan fingerprint density at radius 2 is 1.74 bits per heavy atom. The zero-order chi connectivity index (χ0) is 22.4. The highest BCUT2D eigenvalue weighted by Gasteiger charge is 2.26. The zero-order valence-electron chi connectivity index (χ0n) is 19.6. The van der Waals surface area contributed by atoms with Crippen LogP contribution in [0, 0.1) is 12.8 Å². The van der Waals surface area contributed by atoms with Crippen molar-refractivity contribution in [1.82, 2.24) is 0 Å². The molecule has 0 spiro atoms. The van der Waals surface area contributed by atoms with Gasteiger partial charge in [-0.05, 0) is 104 Å². The molecule has 0 bridgehead atoms. The van der Waals surface area contributed by atoms with E-state index in [-0.39, 0.29) is 0 Å². The maximum Gasteiger partial charge on any atom is 0.0660 e. The molecular formula is C29H36N2. The van der Waals surface area contributed by atoms with E-state index >= 15 is 0 Å². The standard InChI is InChI=1S/C29H36N2/c1-7-23-16-24(8-2)18-28(17-23)31(20-25-11-12-25)27-13-14-29(21(5)15-27)30-19-22(6)26(9-3)10-4/h9-10,13-19,25H,3,6-8,11-12,20H2,1-2,4-5H3/b26-10+,30-19-. The molecule has 31 heavy (non-hydrogen) atoms. The van der Waals surface area contributed by atoms with E-state index in [0.717, 1.165) is 42.1 Å². The van der Waals surface area contributed by atoms with Crippen molar-refractivity contribution in [3.63, 3.8) is 0 Å². The van der Waals surface area contributed by atoms with Gasteiger partial charge in [0.1, 0.15) is 0 Å². The predicted octanol–water partition coefficient (Wildman–Crippen LogP) is 8.06. The van der Waals surface area contributed by atoms with Gasteiger partial charge in [-0.1, -0.05) is 45.2 Å². The Kier molecular flexibility index (Phi) is 7.68. The fourth-order valence-electron chi connectivity index (χ4n) is 3.83. The lowest BCUT2D eigenvalue weighted by Gasteiger charge is -2.27. The topological polar surface area (TPSA) is 15.6 Å². The maximum absolute atomic E-state index is 4.69. The van der Waals surface area contributed by atoms with Gasteiger partial charge in [-0.3, -0.25) is 4.99 Å². The molecule has 0 unspecified atom stereocenters. The summed E-state index contributed by atoms with van der Waals surface area (Å²) in [6.45, 7) is 17.6. The molecule has 0 saturated heterocycles. The van der Waals surface area contributed by atoms with E-state index in [4.69, 9.17) is 4.99 Å². The van der Waals surface area contributed by atoms with Crippen LogP contribution in [0.25, 0.3) is 0 Å². The molecule has 0 radical (unpaired) electrons. The molecule has 0 aromatic heterocycles. The van der Waals surface area contributed by atoms with E-state index in [9.17, 15) is 0 Å². The van der Waals surface area contributed by atoms with Gasteiger partial charge in [-0.15, -0.1) is 0 Å². The van der Waals surface area contributed by atoms with Crippen molar-refractivity contribution in [1.29, 1.82) is 0 Å². The summed E-state index contributed by atoms with van der Waals surface area (Å²) in [5.41, 5.74) is 9.42. The lowest BCUT2D eigenvalue weighted by Crippen LogP contribution is -2.20. The van der Waals surface area contributed by atoms with Crippen molar-refractivity contribution in [2.45, 2.75) is 53.4 Å². The number of benzene rings is 2. The van der Waals surface area contributed by atoms with Crippen molar-refractivity contribution in [3.8, 4) is 0 Å². The zero-order valence-corrected chi connectivity index (χ0v) is 19.6. The van der Waals surface area contributed by atoms with E-state index in [2.05, 4.69) is 75.2 Å². The Labute approximate surface area is 188 Å². The lowest BCUT2D eigenvalue weighted by molar-refractivity contribution is 0.812. The van der Waals surface area contributed by atoms with E-state index in [1.807, 2.05) is 25.3 Å². The Hall–Kier alpha value is -2.87. The first-order valence-electron chi connectivity index (χ1n) is 11.5. The van der Waals surface area contributed by atoms with Crippen molar-refractivity contribution < 1.29 is 0 Å². The van der Waals surface area contributed by atoms with Crippen LogP contribution in [-0.2, 0) is 12.8 Å². The van der Waals surface area contributed by atoms with Crippen LogP contribution in [0.15, 0.2) is 77.8 Å². The summed E-state index contributed by atoms with van der Waals surface area (Å²) >= 11 is 0. The highest BCUT2D eigenvalue weighted by Crippen LogP contribution is 2.37. The van der Waals surface area contributed by atoms with Crippen molar-refractivity contribution in [3.05, 3.63) is 89.5 Å². The highest BCUT2D eigenvalue weighted by molar-refractivity contribution is 5.87. The first-order chi connectivity index (χ1) is 15.0. The molecule has 1 saturated carbocycles. The van der Waals surface area contributed by atoms with E-state index in [0.29, 0.717) is 0 Å². The minimum absolute atomic E-state index is 0.801. The Morgan fingerprint density at radius 1 is 1.06 bits per heavy atom. The van der Waals surface area contributed by atoms with Gasteiger partial charge in [0.25, 0.3) is 0 Å². The van der Waals surface area contributed by atoms with Crippen molar-refractivity contribution >= 4 is 23.3 Å². The summed E-state index contributed by atoms with van der Waals surface area (Å²) < 4.78 is 0. The van der Waals surface area contributed by atoms with Crippen LogP contribution in [0.5, 0.6) is 0 Å². The highest BCUT2D eigenvalue weighted by atomic mass is 15.1. The quantitative estimate of drug-likeness (QED) is 0.284. The Bertz CT molecular complexity index is 983. The molecule has 0 N–H and O–H groups in total. The molecule has 1 fully saturated rings. The van der Waals surface area contributed by atoms with Crippen molar-refractivity contribution in [2.75, 3.05) is 11.4 Å². The summed E-state index contributed by atoms with van der Waals surface area (Å²) in [7, 11) is 0. The third kappa shape index (κ3) is 5.85. The van der Waals surface area contributed by atoms with E-state index < -0.39 is 0 Å². The van der Waals surface area contributed by atoms with Gasteiger partial charge in [-0.2, -0.15) is 0 Å². The van der Waals surface area contributed by atoms with Crippen LogP contribution in [0.3, 0.4) is 0 Å². The molecule has 1 aliphatic rings. The number of aliphatic imine (C=N–C) groups is 1. The normalized spacial score (nSPS) is 14.1. The Morgan fingerprint density at radius 3 is 2.26 bits per heavy atom. The van der Waals surface area contributed by atoms with E-state index in [1.165, 1.54) is 40.9 Å². The van der Waals surface area contributed by atoms with Crippen molar-refractivity contribution in [2.24, 2.45) is 10.9 Å². The Balaban J connectivity index is 1.92. The molecule has 2 nitrogen and oxygen atoms in total. The van der Waals surface area contributed by atoms with Gasteiger partial charge in [0.2, 0.25) is 0 Å². The number of hydrogen-bond acceptors (Lipinski definition) is 2. The fraction of sp³-hybridized carbons (Fsp3) is 0.345. The molecule has 2 aromatic rings. The first kappa shape index (κ1) is 22.8. The number of hydrogen-bond donors (Lipinski definition) is 0. The molecule has 0 amide bonds. The maximum atomic E-state index is 4.69. The molecule has 0 atom stereocenters. The molecule has 0 aliphatic heterocycles. The molecule has 0 heterocycles. The third-order valence-corrected chi connectivity index (χ3v) is 6.06. The number of nitrogens with zero attached hydrogens (tertiary/aromatic N) is 2. The smallest absolute Gasteiger partial charge is 0.0660 e. The minimum atomic E-state index is 0.801. The van der Waals surface area contributed by atoms with Gasteiger partial charge in [0.15, 0.2) is 0 Å². The van der Waals surface area contributed by atoms with Gasteiger partial charge in [0.05, 0.1) is 5.69 Å². The van der Waals surface area contributed by atoms with Crippen LogP contribution >= 0.6 is 0 Å². The number of allylic oxidation sites excluding steroid dienone is 4. The van der Waals surface area contributed by atoms with Crippen LogP contribution < -0.4 is 4.90 Å². The number of anilines is 2. The van der Waals surface area contributed by atoms with E-state index in [1.54, 1.807) is 0 Å². The fourth-order valence-corrected chi connectivity index (χ4v) is 3.83. The molecule has 2 aromatic carbocycles. The summed E-state index contributed by atoms with van der Waals surface area (Å²) in [5.74, 6) is 0.801. The minimum Gasteiger partial charge on any atom is -0.341 e. The largest absolute Gasteiger partial charge is 0.341 e. The number of aryl methyl sites for hydroxylation is 3. The number of rotatable bonds is 10. The van der Waals surface area contributed by atoms with Gasteiger partial charge in [0, 0.05) is 24.1 Å². The molecule has 162 valence electrons. The summed E-state index contributed by atoms with van der Waals surface area (Å²) in [5, 5.41) is 0. The second-order valence-corrected chi connectivity index (χ2v) is 8.47. The third-order valence-electron chi connectivity index (χ3n) is 6.06. The van der Waals surface area contributed by atoms with Crippen LogP contribution in [-0.4, -0.2) is 12.8 Å². The SMILES string of the molecule is C=C/C(=C\C)C(=C)/C=N\c1ccc(N(CC2CC2)c2cc(CC)cc(CC)c2)cc1C. The average molecular weight is 413 g/mol. The van der Waals surface area contributed by atoms with Crippen LogP contribution in [0.2, 0.25) is 0 Å². The molecule has 3 rings (SSSR count). The molecule has 1 aliphatic carbocycles. The lowest BCUT2D eigenvalue weighted by atomic mass is 10.0. The van der Waals surface area contributed by atoms with Gasteiger partial charge < -0.3 is 4.90 Å².